The largest absolute Gasteiger partial charge is 0.353 e. The maximum atomic E-state index is 13.1. The molecule has 0 bridgehead atoms. The molecule has 0 radical (unpaired) electrons. The van der Waals surface area contributed by atoms with Gasteiger partial charge < -0.3 is 5.32 Å². The monoisotopic (exact) mass is 285 g/mol. The highest BCUT2D eigenvalue weighted by Crippen LogP contribution is 2.07. The predicted octanol–water partition coefficient (Wildman–Crippen LogP) is 3.51. The standard InChI is InChI=1S/C18H20FNO/c1-14(10-11-15-6-3-2-4-7-15)20-18(21)13-16-8-5-9-17(19)12-16/h2-9,12,14H,10-11,13H2,1H3,(H,20,21)/t14-/m0/s1. The maximum Gasteiger partial charge on any atom is 0.224 e. The van der Waals surface area contributed by atoms with E-state index in [-0.39, 0.29) is 24.2 Å². The number of carbonyl (C=O) groups excluding carboxylic acids is 1. The van der Waals surface area contributed by atoms with Crippen LogP contribution in [0, 0.1) is 5.82 Å². The summed E-state index contributed by atoms with van der Waals surface area (Å²) in [5.74, 6) is -0.376. The number of halogens is 1. The zero-order valence-corrected chi connectivity index (χ0v) is 12.2. The molecule has 0 spiro atoms. The third-order valence-electron chi connectivity index (χ3n) is 3.37. The number of hydrogen-bond acceptors (Lipinski definition) is 1. The molecule has 0 aliphatic rings. The Kier molecular flexibility index (Phi) is 5.50. The van der Waals surface area contributed by atoms with Crippen molar-refractivity contribution >= 4 is 5.91 Å². The molecule has 21 heavy (non-hydrogen) atoms. The maximum absolute atomic E-state index is 13.1. The van der Waals surface area contributed by atoms with Crippen molar-refractivity contribution in [1.29, 1.82) is 0 Å². The van der Waals surface area contributed by atoms with Gasteiger partial charge in [0.2, 0.25) is 5.91 Å². The molecule has 2 aromatic rings. The van der Waals surface area contributed by atoms with E-state index in [1.807, 2.05) is 25.1 Å². The van der Waals surface area contributed by atoms with Gasteiger partial charge in [-0.05, 0) is 43.0 Å². The van der Waals surface area contributed by atoms with E-state index in [1.165, 1.54) is 17.7 Å². The Morgan fingerprint density at radius 2 is 1.81 bits per heavy atom. The zero-order chi connectivity index (χ0) is 15.1. The number of rotatable bonds is 6. The molecule has 2 nitrogen and oxygen atoms in total. The first-order chi connectivity index (χ1) is 10.1. The second-order valence-electron chi connectivity index (χ2n) is 5.30. The average molecular weight is 285 g/mol. The third kappa shape index (κ3) is 5.38. The van der Waals surface area contributed by atoms with Gasteiger partial charge >= 0.3 is 0 Å². The summed E-state index contributed by atoms with van der Waals surface area (Å²) in [5.41, 5.74) is 1.96. The van der Waals surface area contributed by atoms with E-state index in [9.17, 15) is 9.18 Å². The van der Waals surface area contributed by atoms with E-state index in [1.54, 1.807) is 12.1 Å². The second-order valence-corrected chi connectivity index (χ2v) is 5.30. The summed E-state index contributed by atoms with van der Waals surface area (Å²) in [6.45, 7) is 1.99. The van der Waals surface area contributed by atoms with E-state index in [2.05, 4.69) is 17.4 Å². The van der Waals surface area contributed by atoms with Crippen LogP contribution < -0.4 is 5.32 Å². The molecule has 0 saturated heterocycles. The van der Waals surface area contributed by atoms with Crippen LogP contribution in [0.25, 0.3) is 0 Å². The van der Waals surface area contributed by atoms with Crippen molar-refractivity contribution in [3.63, 3.8) is 0 Å². The molecule has 0 unspecified atom stereocenters. The van der Waals surface area contributed by atoms with Crippen LogP contribution in [0.1, 0.15) is 24.5 Å². The highest BCUT2D eigenvalue weighted by molar-refractivity contribution is 5.78. The van der Waals surface area contributed by atoms with Crippen LogP contribution in [-0.4, -0.2) is 11.9 Å². The first kappa shape index (κ1) is 15.2. The Hall–Kier alpha value is -2.16. The highest BCUT2D eigenvalue weighted by Gasteiger charge is 2.08. The van der Waals surface area contributed by atoms with Gasteiger partial charge in [0.1, 0.15) is 5.82 Å². The SMILES string of the molecule is C[C@@H](CCc1ccccc1)NC(=O)Cc1cccc(F)c1. The minimum atomic E-state index is -0.308. The molecule has 0 aliphatic carbocycles. The van der Waals surface area contributed by atoms with Crippen LogP contribution in [0.4, 0.5) is 4.39 Å². The summed E-state index contributed by atoms with van der Waals surface area (Å²) in [4.78, 5) is 11.9. The predicted molar refractivity (Wildman–Crippen MR) is 82.5 cm³/mol. The summed E-state index contributed by atoms with van der Waals surface area (Å²) in [5, 5.41) is 2.96. The lowest BCUT2D eigenvalue weighted by Crippen LogP contribution is -2.34. The van der Waals surface area contributed by atoms with Gasteiger partial charge in [0.15, 0.2) is 0 Å². The van der Waals surface area contributed by atoms with Crippen molar-refractivity contribution < 1.29 is 9.18 Å². The Morgan fingerprint density at radius 1 is 1.10 bits per heavy atom. The summed E-state index contributed by atoms with van der Waals surface area (Å²) in [6.07, 6.45) is 2.04. The molecule has 0 fully saturated rings. The van der Waals surface area contributed by atoms with Crippen LogP contribution in [0.2, 0.25) is 0 Å². The summed E-state index contributed by atoms with van der Waals surface area (Å²) in [6, 6.07) is 16.5. The fourth-order valence-electron chi connectivity index (χ4n) is 2.26. The van der Waals surface area contributed by atoms with Crippen LogP contribution in [0.3, 0.4) is 0 Å². The topological polar surface area (TPSA) is 29.1 Å². The Morgan fingerprint density at radius 3 is 2.52 bits per heavy atom. The molecule has 1 N–H and O–H groups in total. The van der Waals surface area contributed by atoms with Gasteiger partial charge in [-0.1, -0.05) is 42.5 Å². The average Bonchev–Trinajstić information content (AvgIpc) is 2.46. The van der Waals surface area contributed by atoms with Gasteiger partial charge in [0.05, 0.1) is 6.42 Å². The molecular formula is C18H20FNO. The Balaban J connectivity index is 1.77. The van der Waals surface area contributed by atoms with Crippen molar-refractivity contribution in [1.82, 2.24) is 5.32 Å². The lowest BCUT2D eigenvalue weighted by molar-refractivity contribution is -0.121. The first-order valence-corrected chi connectivity index (χ1v) is 7.21. The fourth-order valence-corrected chi connectivity index (χ4v) is 2.26. The Labute approximate surface area is 125 Å². The second kappa shape index (κ2) is 7.58. The molecular weight excluding hydrogens is 265 g/mol. The van der Waals surface area contributed by atoms with Crippen molar-refractivity contribution in [2.75, 3.05) is 0 Å². The van der Waals surface area contributed by atoms with Gasteiger partial charge in [-0.25, -0.2) is 4.39 Å². The summed E-state index contributed by atoms with van der Waals surface area (Å²) < 4.78 is 13.1. The number of nitrogens with one attached hydrogen (secondary N) is 1. The molecule has 0 aliphatic heterocycles. The molecule has 110 valence electrons. The molecule has 0 saturated carbocycles. The van der Waals surface area contributed by atoms with E-state index in [0.717, 1.165) is 12.8 Å². The van der Waals surface area contributed by atoms with Gasteiger partial charge in [0, 0.05) is 6.04 Å². The first-order valence-electron chi connectivity index (χ1n) is 7.21. The van der Waals surface area contributed by atoms with Crippen molar-refractivity contribution in [3.8, 4) is 0 Å². The molecule has 2 aromatic carbocycles. The van der Waals surface area contributed by atoms with Crippen molar-refractivity contribution in [2.24, 2.45) is 0 Å². The number of aryl methyl sites for hydroxylation is 1. The number of benzene rings is 2. The zero-order valence-electron chi connectivity index (χ0n) is 12.2. The lowest BCUT2D eigenvalue weighted by atomic mass is 10.1. The van der Waals surface area contributed by atoms with E-state index < -0.39 is 0 Å². The highest BCUT2D eigenvalue weighted by atomic mass is 19.1. The van der Waals surface area contributed by atoms with E-state index in [4.69, 9.17) is 0 Å². The third-order valence-corrected chi connectivity index (χ3v) is 3.37. The molecule has 0 aromatic heterocycles. The molecule has 0 heterocycles. The molecule has 1 atom stereocenters. The normalized spacial score (nSPS) is 11.9. The molecule has 3 heteroatoms. The van der Waals surface area contributed by atoms with Gasteiger partial charge in [-0.2, -0.15) is 0 Å². The molecule has 1 amide bonds. The smallest absolute Gasteiger partial charge is 0.224 e. The summed E-state index contributed by atoms with van der Waals surface area (Å²) >= 11 is 0. The van der Waals surface area contributed by atoms with Gasteiger partial charge in [-0.15, -0.1) is 0 Å². The van der Waals surface area contributed by atoms with Crippen molar-refractivity contribution in [2.45, 2.75) is 32.2 Å². The number of carbonyl (C=O) groups is 1. The van der Waals surface area contributed by atoms with Crippen LogP contribution in [-0.2, 0) is 17.6 Å². The van der Waals surface area contributed by atoms with Gasteiger partial charge in [0.25, 0.3) is 0 Å². The van der Waals surface area contributed by atoms with E-state index in [0.29, 0.717) is 5.56 Å². The van der Waals surface area contributed by atoms with Gasteiger partial charge in [-0.3, -0.25) is 4.79 Å². The van der Waals surface area contributed by atoms with Crippen LogP contribution in [0.5, 0.6) is 0 Å². The number of hydrogen-bond donors (Lipinski definition) is 1. The van der Waals surface area contributed by atoms with Crippen LogP contribution >= 0.6 is 0 Å². The minimum Gasteiger partial charge on any atom is -0.353 e. The summed E-state index contributed by atoms with van der Waals surface area (Å²) in [7, 11) is 0. The Bertz CT molecular complexity index is 583. The fraction of sp³-hybridized carbons (Fsp3) is 0.278. The van der Waals surface area contributed by atoms with E-state index >= 15 is 0 Å². The van der Waals surface area contributed by atoms with Crippen molar-refractivity contribution in [3.05, 3.63) is 71.5 Å². The lowest BCUT2D eigenvalue weighted by Gasteiger charge is -2.14. The quantitative estimate of drug-likeness (QED) is 0.864. The molecule has 2 rings (SSSR count). The minimum absolute atomic E-state index is 0.0684. The van der Waals surface area contributed by atoms with Crippen LogP contribution in [0.15, 0.2) is 54.6 Å². The number of amides is 1.